The monoisotopic (exact) mass is 393 g/mol. The molecule has 0 bridgehead atoms. The minimum absolute atomic E-state index is 0.0969. The van der Waals surface area contributed by atoms with E-state index in [1.165, 1.54) is 12.5 Å². The molecule has 0 amide bonds. The van der Waals surface area contributed by atoms with E-state index in [1.807, 2.05) is 32.0 Å². The highest BCUT2D eigenvalue weighted by Gasteiger charge is 2.39. The first kappa shape index (κ1) is 19.4. The van der Waals surface area contributed by atoms with Gasteiger partial charge in [-0.15, -0.1) is 0 Å². The van der Waals surface area contributed by atoms with Crippen LogP contribution < -0.4 is 19.5 Å². The van der Waals surface area contributed by atoms with Crippen molar-refractivity contribution in [2.24, 2.45) is 5.92 Å². The summed E-state index contributed by atoms with van der Waals surface area (Å²) in [7, 11) is 1.59. The fourth-order valence-electron chi connectivity index (χ4n) is 4.39. The van der Waals surface area contributed by atoms with Crippen LogP contribution in [0.3, 0.4) is 0 Å². The predicted molar refractivity (Wildman–Crippen MR) is 113 cm³/mol. The highest BCUT2D eigenvalue weighted by molar-refractivity contribution is 5.71. The molecule has 2 aromatic rings. The molecule has 0 saturated heterocycles. The Balaban J connectivity index is 1.74. The Bertz CT molecular complexity index is 950. The quantitative estimate of drug-likeness (QED) is 0.428. The molecule has 1 N–H and O–H groups in total. The van der Waals surface area contributed by atoms with Gasteiger partial charge in [0.05, 0.1) is 24.9 Å². The largest absolute Gasteiger partial charge is 0.493 e. The molecule has 3 unspecified atom stereocenters. The van der Waals surface area contributed by atoms with Gasteiger partial charge in [-0.2, -0.15) is 0 Å². The summed E-state index contributed by atoms with van der Waals surface area (Å²) in [4.78, 5) is 11.4. The highest BCUT2D eigenvalue weighted by Crippen LogP contribution is 2.52. The Morgan fingerprint density at radius 2 is 1.97 bits per heavy atom. The molecule has 1 aliphatic heterocycles. The number of ether oxygens (including phenoxy) is 3. The number of hydrogen-bond donors (Lipinski definition) is 1. The number of esters is 1. The molecule has 29 heavy (non-hydrogen) atoms. The molecule has 0 spiro atoms. The first-order valence-electron chi connectivity index (χ1n) is 10.1. The van der Waals surface area contributed by atoms with Crippen LogP contribution in [0.5, 0.6) is 17.2 Å². The molecule has 3 atom stereocenters. The topological polar surface area (TPSA) is 56.8 Å². The van der Waals surface area contributed by atoms with Crippen LogP contribution in [-0.4, -0.2) is 19.2 Å². The number of nitrogens with one attached hydrogen (secondary N) is 1. The van der Waals surface area contributed by atoms with Crippen LogP contribution in [0.15, 0.2) is 48.6 Å². The maximum Gasteiger partial charge on any atom is 0.308 e. The predicted octanol–water partition coefficient (Wildman–Crippen LogP) is 5.23. The molecule has 0 aromatic heterocycles. The van der Waals surface area contributed by atoms with Gasteiger partial charge in [0, 0.05) is 12.8 Å². The number of methoxy groups -OCH3 is 1. The second-order valence-electron chi connectivity index (χ2n) is 7.87. The van der Waals surface area contributed by atoms with Crippen molar-refractivity contribution in [3.05, 3.63) is 59.7 Å². The summed E-state index contributed by atoms with van der Waals surface area (Å²) >= 11 is 0. The average molecular weight is 393 g/mol. The second-order valence-corrected chi connectivity index (χ2v) is 7.87. The van der Waals surface area contributed by atoms with E-state index in [1.54, 1.807) is 13.2 Å². The molecular weight excluding hydrogens is 366 g/mol. The van der Waals surface area contributed by atoms with Crippen molar-refractivity contribution in [3.8, 4) is 17.2 Å². The van der Waals surface area contributed by atoms with Gasteiger partial charge in [0.2, 0.25) is 0 Å². The number of hydrogen-bond acceptors (Lipinski definition) is 5. The Hall–Kier alpha value is -2.95. The number of carbonyl (C=O) groups excluding carboxylic acids is 1. The number of fused-ring (bicyclic) bond motifs is 3. The molecule has 1 aliphatic carbocycles. The number of benzene rings is 2. The molecule has 4 rings (SSSR count). The van der Waals surface area contributed by atoms with Crippen LogP contribution in [0, 0.1) is 5.92 Å². The zero-order valence-electron chi connectivity index (χ0n) is 17.3. The highest BCUT2D eigenvalue weighted by atomic mass is 16.6. The maximum absolute atomic E-state index is 11.4. The number of rotatable bonds is 5. The van der Waals surface area contributed by atoms with Crippen LogP contribution in [0.4, 0.5) is 5.69 Å². The molecule has 0 fully saturated rings. The smallest absolute Gasteiger partial charge is 0.308 e. The molecule has 152 valence electrons. The second kappa shape index (κ2) is 7.82. The molecule has 0 saturated carbocycles. The van der Waals surface area contributed by atoms with Crippen LogP contribution in [-0.2, 0) is 4.79 Å². The summed E-state index contributed by atoms with van der Waals surface area (Å²) in [5.41, 5.74) is 3.44. The lowest BCUT2D eigenvalue weighted by atomic mass is 9.77. The number of carbonyl (C=O) groups is 1. The number of para-hydroxylation sites is 1. The summed E-state index contributed by atoms with van der Waals surface area (Å²) in [5, 5.41) is 3.74. The maximum atomic E-state index is 11.4. The van der Waals surface area contributed by atoms with E-state index in [2.05, 4.69) is 29.6 Å². The fourth-order valence-corrected chi connectivity index (χ4v) is 4.39. The summed E-state index contributed by atoms with van der Waals surface area (Å²) < 4.78 is 16.8. The van der Waals surface area contributed by atoms with Crippen LogP contribution in [0.25, 0.3) is 0 Å². The number of allylic oxidation sites excluding steroid dienone is 2. The summed E-state index contributed by atoms with van der Waals surface area (Å²) in [6.07, 6.45) is 5.67. The molecule has 0 radical (unpaired) electrons. The molecule has 2 aliphatic rings. The minimum atomic E-state index is -0.365. The van der Waals surface area contributed by atoms with Crippen molar-refractivity contribution in [1.29, 1.82) is 0 Å². The van der Waals surface area contributed by atoms with E-state index in [-0.39, 0.29) is 18.1 Å². The molecule has 5 heteroatoms. The Morgan fingerprint density at radius 3 is 2.69 bits per heavy atom. The zero-order chi connectivity index (χ0) is 20.5. The first-order valence-corrected chi connectivity index (χ1v) is 10.1. The lowest BCUT2D eigenvalue weighted by molar-refractivity contribution is -0.132. The van der Waals surface area contributed by atoms with E-state index in [0.29, 0.717) is 23.3 Å². The van der Waals surface area contributed by atoms with Gasteiger partial charge in [-0.25, -0.2) is 0 Å². The average Bonchev–Trinajstić information content (AvgIpc) is 3.17. The zero-order valence-corrected chi connectivity index (χ0v) is 17.3. The molecule has 1 heterocycles. The standard InChI is InChI=1S/C24H27NO4/c1-14(2)28-21-10-6-9-19-17-7-5-8-18(17)23(25-24(19)21)16-11-12-20(29-15(3)26)22(13-16)27-4/h5-7,9-14,17-18,23,25H,8H2,1-4H3. The van der Waals surface area contributed by atoms with Gasteiger partial charge in [-0.05, 0) is 55.5 Å². The van der Waals surface area contributed by atoms with Crippen LogP contribution >= 0.6 is 0 Å². The van der Waals surface area contributed by atoms with E-state index in [4.69, 9.17) is 14.2 Å². The number of anilines is 1. The summed E-state index contributed by atoms with van der Waals surface area (Å²) in [6, 6.07) is 12.1. The van der Waals surface area contributed by atoms with Gasteiger partial charge in [-0.1, -0.05) is 30.4 Å². The van der Waals surface area contributed by atoms with Crippen molar-refractivity contribution in [3.63, 3.8) is 0 Å². The Kier molecular flexibility index (Phi) is 5.22. The van der Waals surface area contributed by atoms with E-state index in [0.717, 1.165) is 23.4 Å². The van der Waals surface area contributed by atoms with Gasteiger partial charge in [0.15, 0.2) is 11.5 Å². The Morgan fingerprint density at radius 1 is 1.14 bits per heavy atom. The summed E-state index contributed by atoms with van der Waals surface area (Å²) in [6.45, 7) is 5.46. The van der Waals surface area contributed by atoms with E-state index < -0.39 is 0 Å². The lowest BCUT2D eigenvalue weighted by Gasteiger charge is -2.38. The van der Waals surface area contributed by atoms with Gasteiger partial charge in [0.1, 0.15) is 5.75 Å². The first-order chi connectivity index (χ1) is 14.0. The van der Waals surface area contributed by atoms with Crippen molar-refractivity contribution >= 4 is 11.7 Å². The van der Waals surface area contributed by atoms with Crippen molar-refractivity contribution < 1.29 is 19.0 Å². The fraction of sp³-hybridized carbons (Fsp3) is 0.375. The van der Waals surface area contributed by atoms with Crippen molar-refractivity contribution in [1.82, 2.24) is 0 Å². The van der Waals surface area contributed by atoms with Gasteiger partial charge < -0.3 is 19.5 Å². The molecule has 5 nitrogen and oxygen atoms in total. The lowest BCUT2D eigenvalue weighted by Crippen LogP contribution is -2.29. The third kappa shape index (κ3) is 3.69. The third-order valence-corrected chi connectivity index (χ3v) is 5.52. The van der Waals surface area contributed by atoms with E-state index >= 15 is 0 Å². The molecule has 2 aromatic carbocycles. The van der Waals surface area contributed by atoms with Gasteiger partial charge >= 0.3 is 5.97 Å². The molecular formula is C24H27NO4. The van der Waals surface area contributed by atoms with Gasteiger partial charge in [-0.3, -0.25) is 4.79 Å². The van der Waals surface area contributed by atoms with Crippen LogP contribution in [0.1, 0.15) is 50.3 Å². The third-order valence-electron chi connectivity index (χ3n) is 5.52. The van der Waals surface area contributed by atoms with E-state index in [9.17, 15) is 4.79 Å². The van der Waals surface area contributed by atoms with Crippen molar-refractivity contribution in [2.45, 2.75) is 45.3 Å². The van der Waals surface area contributed by atoms with Crippen LogP contribution in [0.2, 0.25) is 0 Å². The van der Waals surface area contributed by atoms with Crippen molar-refractivity contribution in [2.75, 3.05) is 12.4 Å². The summed E-state index contributed by atoms with van der Waals surface area (Å²) in [5.74, 6) is 2.25. The SMILES string of the molecule is COc1cc(C2Nc3c(OC(C)C)cccc3C3C=CCC32)ccc1OC(C)=O. The Labute approximate surface area is 171 Å². The van der Waals surface area contributed by atoms with Gasteiger partial charge in [0.25, 0.3) is 0 Å². The normalized spacial score (nSPS) is 21.9. The minimum Gasteiger partial charge on any atom is -0.493 e.